The van der Waals surface area contributed by atoms with Crippen LogP contribution in [0.25, 0.3) is 0 Å². The van der Waals surface area contributed by atoms with Gasteiger partial charge in [-0.05, 0) is 39.3 Å². The van der Waals surface area contributed by atoms with Crippen molar-refractivity contribution < 1.29 is 0 Å². The summed E-state index contributed by atoms with van der Waals surface area (Å²) in [6.07, 6.45) is 2.99. The summed E-state index contributed by atoms with van der Waals surface area (Å²) in [6.45, 7) is 8.60. The molecule has 1 rings (SSSR count). The maximum Gasteiger partial charge on any atom is 0.0569 e. The highest BCUT2D eigenvalue weighted by atomic mass is 15.2. The summed E-state index contributed by atoms with van der Waals surface area (Å²) in [4.78, 5) is 6.64. The van der Waals surface area contributed by atoms with Crippen LogP contribution in [0.15, 0.2) is 18.3 Å². The Morgan fingerprint density at radius 2 is 2.06 bits per heavy atom. The predicted molar refractivity (Wildman–Crippen MR) is 69.6 cm³/mol. The SMILES string of the molecule is CCC(C)(C)N(C)c1ccc(C(C)N)nc1. The molecular weight excluding hydrogens is 198 g/mol. The van der Waals surface area contributed by atoms with Crippen molar-refractivity contribution in [3.05, 3.63) is 24.0 Å². The highest BCUT2D eigenvalue weighted by Crippen LogP contribution is 2.24. The Kier molecular flexibility index (Phi) is 3.92. The lowest BCUT2D eigenvalue weighted by atomic mass is 9.99. The summed E-state index contributed by atoms with van der Waals surface area (Å²) in [5.41, 5.74) is 8.00. The van der Waals surface area contributed by atoms with E-state index in [1.807, 2.05) is 19.2 Å². The number of hydrogen-bond donors (Lipinski definition) is 1. The third kappa shape index (κ3) is 2.73. The van der Waals surface area contributed by atoms with E-state index in [-0.39, 0.29) is 11.6 Å². The maximum absolute atomic E-state index is 5.78. The van der Waals surface area contributed by atoms with E-state index in [9.17, 15) is 0 Å². The van der Waals surface area contributed by atoms with Crippen molar-refractivity contribution >= 4 is 5.69 Å². The summed E-state index contributed by atoms with van der Waals surface area (Å²) in [7, 11) is 2.10. The fourth-order valence-electron chi connectivity index (χ4n) is 1.45. The molecule has 1 heterocycles. The minimum absolute atomic E-state index is 0.00135. The minimum atomic E-state index is -0.00135. The third-order valence-corrected chi connectivity index (χ3v) is 3.40. The Bertz CT molecular complexity index is 328. The van der Waals surface area contributed by atoms with E-state index in [0.717, 1.165) is 17.8 Å². The normalized spacial score (nSPS) is 13.6. The van der Waals surface area contributed by atoms with Crippen LogP contribution in [0.5, 0.6) is 0 Å². The number of pyridine rings is 1. The van der Waals surface area contributed by atoms with Gasteiger partial charge in [0, 0.05) is 18.6 Å². The van der Waals surface area contributed by atoms with E-state index >= 15 is 0 Å². The second kappa shape index (κ2) is 4.83. The fraction of sp³-hybridized carbons (Fsp3) is 0.615. The molecule has 1 atom stereocenters. The Balaban J connectivity index is 2.90. The molecule has 0 radical (unpaired) electrons. The molecule has 0 spiro atoms. The number of hydrogen-bond acceptors (Lipinski definition) is 3. The maximum atomic E-state index is 5.78. The Morgan fingerprint density at radius 3 is 2.44 bits per heavy atom. The van der Waals surface area contributed by atoms with Gasteiger partial charge in [-0.2, -0.15) is 0 Å². The summed E-state index contributed by atoms with van der Waals surface area (Å²) in [5.74, 6) is 0. The molecule has 0 saturated carbocycles. The molecule has 3 heteroatoms. The van der Waals surface area contributed by atoms with E-state index in [1.165, 1.54) is 0 Å². The van der Waals surface area contributed by atoms with Crippen molar-refractivity contribution in [2.75, 3.05) is 11.9 Å². The summed E-state index contributed by atoms with van der Waals surface area (Å²) in [6, 6.07) is 4.09. The van der Waals surface area contributed by atoms with Gasteiger partial charge in [-0.3, -0.25) is 4.98 Å². The van der Waals surface area contributed by atoms with Crippen LogP contribution in [0.4, 0.5) is 5.69 Å². The van der Waals surface area contributed by atoms with Crippen molar-refractivity contribution in [2.24, 2.45) is 5.73 Å². The van der Waals surface area contributed by atoms with Gasteiger partial charge in [0.1, 0.15) is 0 Å². The van der Waals surface area contributed by atoms with E-state index < -0.39 is 0 Å². The first-order valence-corrected chi connectivity index (χ1v) is 5.84. The average Bonchev–Trinajstić information content (AvgIpc) is 2.28. The summed E-state index contributed by atoms with van der Waals surface area (Å²) >= 11 is 0. The van der Waals surface area contributed by atoms with Crippen LogP contribution in [0.1, 0.15) is 45.9 Å². The van der Waals surface area contributed by atoms with Crippen molar-refractivity contribution in [2.45, 2.75) is 45.7 Å². The molecule has 1 unspecified atom stereocenters. The van der Waals surface area contributed by atoms with Crippen LogP contribution in [0, 0.1) is 0 Å². The molecule has 0 aliphatic heterocycles. The molecular formula is C13H23N3. The van der Waals surface area contributed by atoms with E-state index in [0.29, 0.717) is 0 Å². The van der Waals surface area contributed by atoms with Gasteiger partial charge in [0.15, 0.2) is 0 Å². The molecule has 16 heavy (non-hydrogen) atoms. The van der Waals surface area contributed by atoms with Crippen LogP contribution in [0.2, 0.25) is 0 Å². The van der Waals surface area contributed by atoms with Gasteiger partial charge in [-0.15, -0.1) is 0 Å². The third-order valence-electron chi connectivity index (χ3n) is 3.40. The zero-order valence-corrected chi connectivity index (χ0v) is 11.0. The topological polar surface area (TPSA) is 42.1 Å². The van der Waals surface area contributed by atoms with Gasteiger partial charge in [0.05, 0.1) is 17.6 Å². The van der Waals surface area contributed by atoms with Crippen LogP contribution in [-0.2, 0) is 0 Å². The Hall–Kier alpha value is -1.09. The van der Waals surface area contributed by atoms with Crippen LogP contribution in [-0.4, -0.2) is 17.6 Å². The molecule has 0 bridgehead atoms. The van der Waals surface area contributed by atoms with Gasteiger partial charge < -0.3 is 10.6 Å². The first-order chi connectivity index (χ1) is 7.38. The standard InChI is InChI=1S/C13H23N3/c1-6-13(3,4)16(5)11-7-8-12(10(2)14)15-9-11/h7-10H,6,14H2,1-5H3. The van der Waals surface area contributed by atoms with E-state index in [2.05, 4.69) is 43.8 Å². The molecule has 0 aliphatic carbocycles. The average molecular weight is 221 g/mol. The van der Waals surface area contributed by atoms with Crippen LogP contribution >= 0.6 is 0 Å². The highest BCUT2D eigenvalue weighted by Gasteiger charge is 2.21. The number of anilines is 1. The molecule has 0 aromatic carbocycles. The zero-order chi connectivity index (χ0) is 12.3. The smallest absolute Gasteiger partial charge is 0.0569 e. The van der Waals surface area contributed by atoms with Crippen molar-refractivity contribution in [3.63, 3.8) is 0 Å². The second-order valence-electron chi connectivity index (χ2n) is 4.95. The lowest BCUT2D eigenvalue weighted by Gasteiger charge is -2.36. The van der Waals surface area contributed by atoms with Crippen molar-refractivity contribution in [3.8, 4) is 0 Å². The Morgan fingerprint density at radius 1 is 1.44 bits per heavy atom. The van der Waals surface area contributed by atoms with E-state index in [4.69, 9.17) is 5.73 Å². The van der Waals surface area contributed by atoms with Gasteiger partial charge in [-0.1, -0.05) is 6.92 Å². The molecule has 0 saturated heterocycles. The first kappa shape index (κ1) is 13.0. The number of rotatable bonds is 4. The second-order valence-corrected chi connectivity index (χ2v) is 4.95. The summed E-state index contributed by atoms with van der Waals surface area (Å²) in [5, 5.41) is 0. The van der Waals surface area contributed by atoms with Gasteiger partial charge in [-0.25, -0.2) is 0 Å². The molecule has 90 valence electrons. The fourth-order valence-corrected chi connectivity index (χ4v) is 1.45. The molecule has 2 N–H and O–H groups in total. The predicted octanol–water partition coefficient (Wildman–Crippen LogP) is 2.73. The van der Waals surface area contributed by atoms with Gasteiger partial charge >= 0.3 is 0 Å². The largest absolute Gasteiger partial charge is 0.368 e. The molecule has 0 fully saturated rings. The lowest BCUT2D eigenvalue weighted by molar-refractivity contribution is 0.470. The quantitative estimate of drug-likeness (QED) is 0.850. The first-order valence-electron chi connectivity index (χ1n) is 5.84. The minimum Gasteiger partial charge on any atom is -0.368 e. The monoisotopic (exact) mass is 221 g/mol. The van der Waals surface area contributed by atoms with E-state index in [1.54, 1.807) is 0 Å². The molecule has 1 aromatic rings. The molecule has 0 amide bonds. The van der Waals surface area contributed by atoms with Crippen molar-refractivity contribution in [1.82, 2.24) is 4.98 Å². The van der Waals surface area contributed by atoms with Crippen LogP contribution < -0.4 is 10.6 Å². The highest BCUT2D eigenvalue weighted by molar-refractivity contribution is 5.46. The number of nitrogens with two attached hydrogens (primary N) is 1. The Labute approximate surface area is 98.7 Å². The molecule has 3 nitrogen and oxygen atoms in total. The lowest BCUT2D eigenvalue weighted by Crippen LogP contribution is -2.40. The summed E-state index contributed by atoms with van der Waals surface area (Å²) < 4.78 is 0. The molecule has 0 aliphatic rings. The van der Waals surface area contributed by atoms with Crippen LogP contribution in [0.3, 0.4) is 0 Å². The van der Waals surface area contributed by atoms with Gasteiger partial charge in [0.2, 0.25) is 0 Å². The molecule has 1 aromatic heterocycles. The number of aromatic nitrogens is 1. The zero-order valence-electron chi connectivity index (χ0n) is 11.0. The van der Waals surface area contributed by atoms with Crippen molar-refractivity contribution in [1.29, 1.82) is 0 Å². The number of nitrogens with zero attached hydrogens (tertiary/aromatic N) is 2. The van der Waals surface area contributed by atoms with Gasteiger partial charge in [0.25, 0.3) is 0 Å².